The van der Waals surface area contributed by atoms with Gasteiger partial charge in [-0.3, -0.25) is 0 Å². The van der Waals surface area contributed by atoms with Crippen molar-refractivity contribution in [1.82, 2.24) is 9.62 Å². The van der Waals surface area contributed by atoms with Crippen LogP contribution in [0.3, 0.4) is 0 Å². The molecule has 0 aliphatic rings. The van der Waals surface area contributed by atoms with Crippen molar-refractivity contribution in [3.8, 4) is 0 Å². The zero-order valence-corrected chi connectivity index (χ0v) is 17.3. The quantitative estimate of drug-likeness (QED) is 0.740. The van der Waals surface area contributed by atoms with Crippen LogP contribution in [0.25, 0.3) is 0 Å². The van der Waals surface area contributed by atoms with Gasteiger partial charge in [-0.1, -0.05) is 28.1 Å². The van der Waals surface area contributed by atoms with Crippen molar-refractivity contribution in [3.63, 3.8) is 0 Å². The van der Waals surface area contributed by atoms with E-state index in [4.69, 9.17) is 0 Å². The fraction of sp³-hybridized carbons (Fsp3) is 0.333. The molecule has 0 heterocycles. The van der Waals surface area contributed by atoms with E-state index in [-0.39, 0.29) is 10.9 Å². The molecule has 0 saturated carbocycles. The van der Waals surface area contributed by atoms with E-state index in [0.29, 0.717) is 6.54 Å². The molecule has 0 aliphatic heterocycles. The lowest BCUT2D eigenvalue weighted by Crippen LogP contribution is -2.34. The summed E-state index contributed by atoms with van der Waals surface area (Å²) in [6.45, 7) is 0.298. The number of nitrogens with zero attached hydrogens (tertiary/aromatic N) is 2. The van der Waals surface area contributed by atoms with Gasteiger partial charge < -0.3 is 9.80 Å². The number of halogens is 1. The van der Waals surface area contributed by atoms with Gasteiger partial charge in [-0.25, -0.2) is 13.1 Å². The highest BCUT2D eigenvalue weighted by Crippen LogP contribution is 2.22. The van der Waals surface area contributed by atoms with Crippen molar-refractivity contribution in [1.29, 1.82) is 0 Å². The molecular formula is C18H24BrN3O2S. The first-order valence-electron chi connectivity index (χ1n) is 7.89. The van der Waals surface area contributed by atoms with Gasteiger partial charge in [-0.05, 0) is 56.1 Å². The first kappa shape index (κ1) is 19.9. The van der Waals surface area contributed by atoms with E-state index in [1.165, 1.54) is 0 Å². The topological polar surface area (TPSA) is 52.7 Å². The van der Waals surface area contributed by atoms with Crippen LogP contribution in [0, 0.1) is 0 Å². The largest absolute Gasteiger partial charge is 0.378 e. The highest BCUT2D eigenvalue weighted by Gasteiger charge is 2.19. The lowest BCUT2D eigenvalue weighted by atomic mass is 10.1. The van der Waals surface area contributed by atoms with E-state index >= 15 is 0 Å². The molecule has 0 bridgehead atoms. The number of nitrogens with one attached hydrogen (secondary N) is 1. The van der Waals surface area contributed by atoms with Crippen molar-refractivity contribution in [3.05, 3.63) is 58.6 Å². The smallest absolute Gasteiger partial charge is 0.240 e. The summed E-state index contributed by atoms with van der Waals surface area (Å²) in [7, 11) is 4.33. The summed E-state index contributed by atoms with van der Waals surface area (Å²) in [4.78, 5) is 4.30. The van der Waals surface area contributed by atoms with E-state index in [1.807, 2.05) is 62.3 Å². The standard InChI is InChI=1S/C18H24BrN3O2S/c1-21(2)16-9-5-14(6-10-16)18(22(3)4)13-20-25(23,24)17-11-7-15(19)8-12-17/h5-12,18,20H,13H2,1-4H3/t18-/m1/s1. The van der Waals surface area contributed by atoms with Gasteiger partial charge in [0.25, 0.3) is 0 Å². The Kier molecular flexibility index (Phi) is 6.62. The molecule has 2 rings (SSSR count). The van der Waals surface area contributed by atoms with Crippen molar-refractivity contribution in [2.75, 3.05) is 39.6 Å². The van der Waals surface area contributed by atoms with Crippen LogP contribution in [0.5, 0.6) is 0 Å². The number of sulfonamides is 1. The molecule has 0 fully saturated rings. The van der Waals surface area contributed by atoms with E-state index in [0.717, 1.165) is 15.7 Å². The predicted octanol–water partition coefficient (Wildman–Crippen LogP) is 3.10. The second-order valence-corrected chi connectivity index (χ2v) is 8.95. The molecular weight excluding hydrogens is 402 g/mol. The summed E-state index contributed by atoms with van der Waals surface area (Å²) >= 11 is 3.31. The highest BCUT2D eigenvalue weighted by molar-refractivity contribution is 9.10. The maximum atomic E-state index is 12.5. The molecule has 0 aliphatic carbocycles. The monoisotopic (exact) mass is 425 g/mol. The maximum absolute atomic E-state index is 12.5. The molecule has 25 heavy (non-hydrogen) atoms. The Labute approximate surface area is 158 Å². The Hall–Kier alpha value is -1.41. The normalized spacial score (nSPS) is 13.0. The molecule has 0 spiro atoms. The first-order valence-corrected chi connectivity index (χ1v) is 10.2. The predicted molar refractivity (Wildman–Crippen MR) is 107 cm³/mol. The Morgan fingerprint density at radius 2 is 1.52 bits per heavy atom. The van der Waals surface area contributed by atoms with E-state index in [9.17, 15) is 8.42 Å². The van der Waals surface area contributed by atoms with Crippen molar-refractivity contribution in [2.24, 2.45) is 0 Å². The molecule has 0 saturated heterocycles. The molecule has 136 valence electrons. The number of hydrogen-bond acceptors (Lipinski definition) is 4. The molecule has 2 aromatic carbocycles. The Bertz CT molecular complexity index is 788. The van der Waals surface area contributed by atoms with Crippen LogP contribution in [0.15, 0.2) is 57.9 Å². The molecule has 2 aromatic rings. The van der Waals surface area contributed by atoms with Crippen LogP contribution in [0.2, 0.25) is 0 Å². The van der Waals surface area contributed by atoms with Crippen molar-refractivity contribution in [2.45, 2.75) is 10.9 Å². The Balaban J connectivity index is 2.15. The third-order valence-electron chi connectivity index (χ3n) is 4.01. The molecule has 0 amide bonds. The zero-order valence-electron chi connectivity index (χ0n) is 14.9. The molecule has 1 N–H and O–H groups in total. The molecule has 1 atom stereocenters. The van der Waals surface area contributed by atoms with Crippen LogP contribution < -0.4 is 9.62 Å². The van der Waals surface area contributed by atoms with Gasteiger partial charge in [0.05, 0.1) is 4.90 Å². The Morgan fingerprint density at radius 1 is 0.960 bits per heavy atom. The maximum Gasteiger partial charge on any atom is 0.240 e. The number of likely N-dealkylation sites (N-methyl/N-ethyl adjacent to an activating group) is 1. The third-order valence-corrected chi connectivity index (χ3v) is 5.98. The van der Waals surface area contributed by atoms with Crippen LogP contribution in [-0.4, -0.2) is 48.1 Å². The van der Waals surface area contributed by atoms with Gasteiger partial charge >= 0.3 is 0 Å². The van der Waals surface area contributed by atoms with Crippen LogP contribution in [0.1, 0.15) is 11.6 Å². The summed E-state index contributed by atoms with van der Waals surface area (Å²) in [5.41, 5.74) is 2.17. The first-order chi connectivity index (χ1) is 11.7. The number of rotatable bonds is 7. The van der Waals surface area contributed by atoms with Crippen molar-refractivity contribution >= 4 is 31.6 Å². The van der Waals surface area contributed by atoms with Gasteiger partial charge in [-0.2, -0.15) is 0 Å². The fourth-order valence-corrected chi connectivity index (χ4v) is 3.78. The minimum atomic E-state index is -3.54. The van der Waals surface area contributed by atoms with E-state index in [1.54, 1.807) is 24.3 Å². The summed E-state index contributed by atoms with van der Waals surface area (Å²) in [6.07, 6.45) is 0. The minimum Gasteiger partial charge on any atom is -0.378 e. The van der Waals surface area contributed by atoms with Gasteiger partial charge in [0.15, 0.2) is 0 Å². The number of anilines is 1. The number of benzene rings is 2. The van der Waals surface area contributed by atoms with Crippen LogP contribution in [-0.2, 0) is 10.0 Å². The summed E-state index contributed by atoms with van der Waals surface area (Å²) in [5.74, 6) is 0. The lowest BCUT2D eigenvalue weighted by Gasteiger charge is -2.25. The van der Waals surface area contributed by atoms with Crippen LogP contribution >= 0.6 is 15.9 Å². The summed E-state index contributed by atoms with van der Waals surface area (Å²) in [6, 6.07) is 14.7. The van der Waals surface area contributed by atoms with Crippen LogP contribution in [0.4, 0.5) is 5.69 Å². The van der Waals surface area contributed by atoms with Gasteiger partial charge in [0.2, 0.25) is 10.0 Å². The molecule has 0 unspecified atom stereocenters. The fourth-order valence-electron chi connectivity index (χ4n) is 2.48. The average molecular weight is 426 g/mol. The molecule has 7 heteroatoms. The van der Waals surface area contributed by atoms with Gasteiger partial charge in [-0.15, -0.1) is 0 Å². The van der Waals surface area contributed by atoms with Gasteiger partial charge in [0, 0.05) is 36.8 Å². The van der Waals surface area contributed by atoms with Gasteiger partial charge in [0.1, 0.15) is 0 Å². The second kappa shape index (κ2) is 8.31. The average Bonchev–Trinajstić information content (AvgIpc) is 2.55. The second-order valence-electron chi connectivity index (χ2n) is 6.27. The molecule has 0 aromatic heterocycles. The molecule has 5 nitrogen and oxygen atoms in total. The summed E-state index contributed by atoms with van der Waals surface area (Å²) in [5, 5.41) is 0. The number of hydrogen-bond donors (Lipinski definition) is 1. The zero-order chi connectivity index (χ0) is 18.6. The highest BCUT2D eigenvalue weighted by atomic mass is 79.9. The Morgan fingerprint density at radius 3 is 2.00 bits per heavy atom. The molecule has 0 radical (unpaired) electrons. The lowest BCUT2D eigenvalue weighted by molar-refractivity contribution is 0.299. The van der Waals surface area contributed by atoms with Crippen molar-refractivity contribution < 1.29 is 8.42 Å². The SMILES string of the molecule is CN(C)c1ccc([C@@H](CNS(=O)(=O)c2ccc(Br)cc2)N(C)C)cc1. The third kappa shape index (κ3) is 5.28. The van der Waals surface area contributed by atoms with E-state index in [2.05, 4.69) is 20.7 Å². The summed E-state index contributed by atoms with van der Waals surface area (Å²) < 4.78 is 28.6. The van der Waals surface area contributed by atoms with E-state index < -0.39 is 10.0 Å². The minimum absolute atomic E-state index is 0.0542.